The van der Waals surface area contributed by atoms with Gasteiger partial charge in [0.1, 0.15) is 0 Å². The van der Waals surface area contributed by atoms with Gasteiger partial charge in [0.15, 0.2) is 0 Å². The Balaban J connectivity index is 1.43. The van der Waals surface area contributed by atoms with Crippen molar-refractivity contribution in [1.82, 2.24) is 14.8 Å². The quantitative estimate of drug-likeness (QED) is 0.668. The summed E-state index contributed by atoms with van der Waals surface area (Å²) in [4.78, 5) is 20.2. The lowest BCUT2D eigenvalue weighted by Gasteiger charge is -2.34. The number of benzene rings is 1. The van der Waals surface area contributed by atoms with Crippen molar-refractivity contribution in [2.75, 3.05) is 31.9 Å². The largest absolute Gasteiger partial charge is 0.417 e. The molecule has 1 aromatic heterocycles. The van der Waals surface area contributed by atoms with Crippen LogP contribution in [-0.2, 0) is 17.5 Å². The molecule has 0 bridgehead atoms. The molecule has 28 heavy (non-hydrogen) atoms. The first-order valence-electron chi connectivity index (χ1n) is 8.72. The van der Waals surface area contributed by atoms with Gasteiger partial charge < -0.3 is 4.90 Å². The van der Waals surface area contributed by atoms with Crippen LogP contribution in [0.25, 0.3) is 0 Å². The minimum Gasteiger partial charge on any atom is -0.339 e. The Morgan fingerprint density at radius 3 is 2.32 bits per heavy atom. The number of alkyl halides is 3. The van der Waals surface area contributed by atoms with Crippen molar-refractivity contribution in [1.29, 1.82) is 0 Å². The Labute approximate surface area is 170 Å². The number of amides is 1. The predicted octanol–water partition coefficient (Wildman–Crippen LogP) is 4.19. The minimum atomic E-state index is -4.41. The molecule has 0 saturated carbocycles. The molecule has 1 saturated heterocycles. The fourth-order valence-corrected chi connectivity index (χ4v) is 3.74. The van der Waals surface area contributed by atoms with Crippen LogP contribution in [0.15, 0.2) is 47.6 Å². The minimum absolute atomic E-state index is 0.0298. The number of thioether (sulfide) groups is 1. The first-order chi connectivity index (χ1) is 13.3. The lowest BCUT2D eigenvalue weighted by Crippen LogP contribution is -2.48. The average molecular weight is 430 g/mol. The summed E-state index contributed by atoms with van der Waals surface area (Å²) in [5, 5.41) is 1.11. The molecule has 1 amide bonds. The van der Waals surface area contributed by atoms with Gasteiger partial charge in [0.25, 0.3) is 0 Å². The molecule has 0 radical (unpaired) electrons. The number of rotatable bonds is 5. The van der Waals surface area contributed by atoms with Gasteiger partial charge >= 0.3 is 6.18 Å². The second-order valence-corrected chi connectivity index (χ2v) is 7.89. The topological polar surface area (TPSA) is 36.4 Å². The van der Waals surface area contributed by atoms with E-state index < -0.39 is 11.7 Å². The number of piperazine rings is 1. The number of carbonyl (C=O) groups is 1. The van der Waals surface area contributed by atoms with Crippen molar-refractivity contribution in [2.45, 2.75) is 17.7 Å². The van der Waals surface area contributed by atoms with Gasteiger partial charge in [0.05, 0.1) is 16.3 Å². The molecule has 9 heteroatoms. The van der Waals surface area contributed by atoms with E-state index in [4.69, 9.17) is 11.6 Å². The zero-order valence-corrected chi connectivity index (χ0v) is 16.5. The SMILES string of the molecule is O=C(CSc1ccc(C(F)(F)F)cn1)N1CCN(Cc2ccc(Cl)cc2)CC1. The lowest BCUT2D eigenvalue weighted by atomic mass is 10.2. The van der Waals surface area contributed by atoms with Crippen molar-refractivity contribution in [3.63, 3.8) is 0 Å². The highest BCUT2D eigenvalue weighted by Gasteiger charge is 2.30. The van der Waals surface area contributed by atoms with Gasteiger partial charge in [-0.25, -0.2) is 4.98 Å². The standard InChI is InChI=1S/C19H19ClF3N3OS/c20-16-4-1-14(2-5-16)12-25-7-9-26(10-8-25)18(27)13-28-17-6-3-15(11-24-17)19(21,22)23/h1-6,11H,7-10,12-13H2. The lowest BCUT2D eigenvalue weighted by molar-refractivity contribution is -0.138. The molecule has 0 N–H and O–H groups in total. The van der Waals surface area contributed by atoms with Gasteiger partial charge in [-0.05, 0) is 29.8 Å². The molecule has 1 fully saturated rings. The monoisotopic (exact) mass is 429 g/mol. The second kappa shape index (κ2) is 9.15. The smallest absolute Gasteiger partial charge is 0.339 e. The summed E-state index contributed by atoms with van der Waals surface area (Å²) in [5.41, 5.74) is 0.382. The molecule has 1 aliphatic rings. The zero-order valence-electron chi connectivity index (χ0n) is 15.0. The van der Waals surface area contributed by atoms with E-state index in [1.54, 1.807) is 4.90 Å². The number of nitrogens with zero attached hydrogens (tertiary/aromatic N) is 3. The number of hydrogen-bond donors (Lipinski definition) is 0. The van der Waals surface area contributed by atoms with Crippen molar-refractivity contribution in [2.24, 2.45) is 0 Å². The zero-order chi connectivity index (χ0) is 20.1. The van der Waals surface area contributed by atoms with Crippen molar-refractivity contribution >= 4 is 29.3 Å². The van der Waals surface area contributed by atoms with E-state index in [-0.39, 0.29) is 11.7 Å². The molecule has 0 unspecified atom stereocenters. The molecule has 0 aliphatic carbocycles. The molecule has 2 aromatic rings. The van der Waals surface area contributed by atoms with Gasteiger partial charge in [-0.2, -0.15) is 13.2 Å². The summed E-state index contributed by atoms with van der Waals surface area (Å²) in [7, 11) is 0. The molecule has 0 atom stereocenters. The van der Waals surface area contributed by atoms with Crippen LogP contribution in [0.3, 0.4) is 0 Å². The molecule has 1 aromatic carbocycles. The second-order valence-electron chi connectivity index (χ2n) is 6.45. The number of aromatic nitrogens is 1. The molecule has 2 heterocycles. The van der Waals surface area contributed by atoms with Crippen molar-refractivity contribution in [3.05, 3.63) is 58.7 Å². The summed E-state index contributed by atoms with van der Waals surface area (Å²) < 4.78 is 37.6. The van der Waals surface area contributed by atoms with E-state index >= 15 is 0 Å². The molecular weight excluding hydrogens is 411 g/mol. The number of carbonyl (C=O) groups excluding carboxylic acids is 1. The maximum absolute atomic E-state index is 12.5. The Morgan fingerprint density at radius 2 is 1.75 bits per heavy atom. The van der Waals surface area contributed by atoms with Gasteiger partial charge in [0, 0.05) is 43.9 Å². The fourth-order valence-electron chi connectivity index (χ4n) is 2.86. The van der Waals surface area contributed by atoms with Crippen molar-refractivity contribution < 1.29 is 18.0 Å². The highest BCUT2D eigenvalue weighted by molar-refractivity contribution is 7.99. The first-order valence-corrected chi connectivity index (χ1v) is 10.1. The van der Waals surface area contributed by atoms with Crippen LogP contribution in [0, 0.1) is 0 Å². The van der Waals surface area contributed by atoms with Crippen molar-refractivity contribution in [3.8, 4) is 0 Å². The molecule has 4 nitrogen and oxygen atoms in total. The number of pyridine rings is 1. The van der Waals surface area contributed by atoms with Crippen LogP contribution in [0.2, 0.25) is 5.02 Å². The van der Waals surface area contributed by atoms with Gasteiger partial charge in [-0.15, -0.1) is 0 Å². The Kier molecular flexibility index (Phi) is 6.85. The van der Waals surface area contributed by atoms with E-state index in [1.165, 1.54) is 11.6 Å². The normalized spacial score (nSPS) is 15.6. The Bertz CT molecular complexity index is 792. The van der Waals surface area contributed by atoms with E-state index in [0.29, 0.717) is 23.1 Å². The third-order valence-corrected chi connectivity index (χ3v) is 5.63. The highest BCUT2D eigenvalue weighted by Crippen LogP contribution is 2.29. The van der Waals surface area contributed by atoms with E-state index in [2.05, 4.69) is 9.88 Å². The summed E-state index contributed by atoms with van der Waals surface area (Å²) in [6.07, 6.45) is -3.61. The van der Waals surface area contributed by atoms with Crippen LogP contribution >= 0.6 is 23.4 Å². The summed E-state index contributed by atoms with van der Waals surface area (Å²) in [5.74, 6) is 0.132. The van der Waals surface area contributed by atoms with Crippen LogP contribution in [0.4, 0.5) is 13.2 Å². The Hall–Kier alpha value is -1.77. The van der Waals surface area contributed by atoms with Gasteiger partial charge in [0.2, 0.25) is 5.91 Å². The number of halogens is 4. The molecule has 1 aliphatic heterocycles. The van der Waals surface area contributed by atoms with Gasteiger partial charge in [-0.3, -0.25) is 9.69 Å². The van der Waals surface area contributed by atoms with Crippen LogP contribution in [-0.4, -0.2) is 52.6 Å². The Morgan fingerprint density at radius 1 is 1.07 bits per heavy atom. The highest BCUT2D eigenvalue weighted by atomic mass is 35.5. The van der Waals surface area contributed by atoms with Gasteiger partial charge in [-0.1, -0.05) is 35.5 Å². The fraction of sp³-hybridized carbons (Fsp3) is 0.368. The number of hydrogen-bond acceptors (Lipinski definition) is 4. The third-order valence-electron chi connectivity index (χ3n) is 4.45. The summed E-state index contributed by atoms with van der Waals surface area (Å²) in [6, 6.07) is 9.99. The van der Waals surface area contributed by atoms with Crippen LogP contribution in [0.5, 0.6) is 0 Å². The summed E-state index contributed by atoms with van der Waals surface area (Å²) >= 11 is 7.05. The predicted molar refractivity (Wildman–Crippen MR) is 103 cm³/mol. The van der Waals surface area contributed by atoms with Crippen LogP contribution < -0.4 is 0 Å². The van der Waals surface area contributed by atoms with Crippen LogP contribution in [0.1, 0.15) is 11.1 Å². The average Bonchev–Trinajstić information content (AvgIpc) is 2.68. The molecule has 0 spiro atoms. The first kappa shape index (κ1) is 21.0. The van der Waals surface area contributed by atoms with E-state index in [0.717, 1.165) is 43.7 Å². The third kappa shape index (κ3) is 5.86. The maximum atomic E-state index is 12.5. The van der Waals surface area contributed by atoms with E-state index in [1.807, 2.05) is 24.3 Å². The molecular formula is C19H19ClF3N3OS. The molecule has 3 rings (SSSR count). The summed E-state index contributed by atoms with van der Waals surface area (Å²) in [6.45, 7) is 3.62. The maximum Gasteiger partial charge on any atom is 0.417 e. The molecule has 150 valence electrons. The van der Waals surface area contributed by atoms with E-state index in [9.17, 15) is 18.0 Å².